The van der Waals surface area contributed by atoms with Crippen LogP contribution in [0.15, 0.2) is 79.1 Å². The molecule has 1 saturated carbocycles. The lowest BCUT2D eigenvalue weighted by molar-refractivity contribution is -0.494. The number of ether oxygens (including phenoxy) is 1. The van der Waals surface area contributed by atoms with Crippen molar-refractivity contribution >= 4 is 28.6 Å². The molecule has 0 atom stereocenters. The Bertz CT molecular complexity index is 1740. The van der Waals surface area contributed by atoms with Gasteiger partial charge in [-0.3, -0.25) is 4.98 Å². The molecule has 1 amide bonds. The van der Waals surface area contributed by atoms with E-state index in [1.54, 1.807) is 54.1 Å². The second-order valence-electron chi connectivity index (χ2n) is 11.3. The van der Waals surface area contributed by atoms with Crippen LogP contribution >= 0.6 is 0 Å². The van der Waals surface area contributed by atoms with Crippen LogP contribution in [0.2, 0.25) is 0 Å². The smallest absolute Gasteiger partial charge is 0.408 e. The first kappa shape index (κ1) is 25.7. The Labute approximate surface area is 229 Å². The molecule has 0 spiro atoms. The van der Waals surface area contributed by atoms with Crippen LogP contribution < -0.4 is 15.5 Å². The zero-order chi connectivity index (χ0) is 28.3. The Morgan fingerprint density at radius 1 is 1.05 bits per heavy atom. The Balaban J connectivity index is 1.41. The van der Waals surface area contributed by atoms with Crippen LogP contribution in [0.1, 0.15) is 39.2 Å². The molecule has 40 heavy (non-hydrogen) atoms. The summed E-state index contributed by atoms with van der Waals surface area (Å²) in [4.78, 5) is 17.2. The van der Waals surface area contributed by atoms with Crippen LogP contribution in [0.5, 0.6) is 0 Å². The highest BCUT2D eigenvalue weighted by Crippen LogP contribution is 2.51. The Morgan fingerprint density at radius 3 is 2.40 bits per heavy atom. The lowest BCUT2D eigenvalue weighted by atomic mass is 9.69. The van der Waals surface area contributed by atoms with E-state index in [-0.39, 0.29) is 5.95 Å². The number of nitrogens with zero attached hydrogens (tertiary/aromatic N) is 4. The van der Waals surface area contributed by atoms with Crippen molar-refractivity contribution in [3.8, 4) is 16.8 Å². The molecular weight excluding hydrogens is 514 g/mol. The van der Waals surface area contributed by atoms with Crippen molar-refractivity contribution in [1.29, 1.82) is 0 Å². The van der Waals surface area contributed by atoms with Crippen molar-refractivity contribution in [2.24, 2.45) is 0 Å². The number of benzene rings is 2. The number of nitrogen functional groups attached to an aromatic ring is 1. The van der Waals surface area contributed by atoms with Crippen LogP contribution in [0, 0.1) is 0 Å². The normalized spacial score (nSPS) is 16.0. The van der Waals surface area contributed by atoms with Crippen LogP contribution in [-0.4, -0.2) is 32.4 Å². The first-order valence-electron chi connectivity index (χ1n) is 13.0. The van der Waals surface area contributed by atoms with Crippen molar-refractivity contribution in [2.45, 2.75) is 50.7 Å². The fourth-order valence-corrected chi connectivity index (χ4v) is 5.32. The molecule has 1 fully saturated rings. The summed E-state index contributed by atoms with van der Waals surface area (Å²) in [6, 6.07) is 20.9. The van der Waals surface area contributed by atoms with Crippen molar-refractivity contribution in [3.63, 3.8) is 0 Å². The molecule has 10 heteroatoms. The number of nitrogens with two attached hydrogens (primary N) is 1. The van der Waals surface area contributed by atoms with Gasteiger partial charge in [-0.05, 0) is 56.2 Å². The molecule has 1 aliphatic rings. The maximum absolute atomic E-state index is 14.1. The molecule has 3 heterocycles. The van der Waals surface area contributed by atoms with Crippen LogP contribution in [0.25, 0.3) is 33.4 Å². The highest BCUT2D eigenvalue weighted by Gasteiger charge is 2.58. The number of alkyl carbamates (subject to hydrolysis) is 1. The number of rotatable bonds is 4. The lowest BCUT2D eigenvalue weighted by Gasteiger charge is -2.48. The van der Waals surface area contributed by atoms with Gasteiger partial charge in [0.1, 0.15) is 11.3 Å². The van der Waals surface area contributed by atoms with Gasteiger partial charge in [-0.2, -0.15) is 4.40 Å². The van der Waals surface area contributed by atoms with Crippen LogP contribution in [0.3, 0.4) is 0 Å². The summed E-state index contributed by atoms with van der Waals surface area (Å²) in [5.74, 6) is -2.59. The number of nitrogens with one attached hydrogen (secondary N) is 1. The predicted octanol–water partition coefficient (Wildman–Crippen LogP) is 5.56. The maximum Gasteiger partial charge on any atom is 0.408 e. The van der Waals surface area contributed by atoms with Gasteiger partial charge in [0, 0.05) is 29.7 Å². The molecule has 204 valence electrons. The van der Waals surface area contributed by atoms with E-state index in [0.29, 0.717) is 16.9 Å². The summed E-state index contributed by atoms with van der Waals surface area (Å²) in [5, 5.41) is 8.12. The quantitative estimate of drug-likeness (QED) is 0.289. The molecule has 3 N–H and O–H groups in total. The van der Waals surface area contributed by atoms with Gasteiger partial charge in [0.2, 0.25) is 5.65 Å². The van der Waals surface area contributed by atoms with Gasteiger partial charge in [-0.25, -0.2) is 13.6 Å². The summed E-state index contributed by atoms with van der Waals surface area (Å²) in [7, 11) is 0. The van der Waals surface area contributed by atoms with Crippen molar-refractivity contribution in [1.82, 2.24) is 20.1 Å². The molecular formula is C30H29F2N6O2+. The van der Waals surface area contributed by atoms with E-state index in [0.717, 1.165) is 22.0 Å². The number of amides is 1. The number of halogens is 2. The monoisotopic (exact) mass is 543 g/mol. The Kier molecular flexibility index (Phi) is 5.76. The number of fused-ring (bicyclic) bond motifs is 3. The fraction of sp³-hybridized carbons (Fsp3) is 0.267. The summed E-state index contributed by atoms with van der Waals surface area (Å²) < 4.78 is 37.1. The number of anilines is 1. The van der Waals surface area contributed by atoms with E-state index in [1.807, 2.05) is 48.8 Å². The zero-order valence-electron chi connectivity index (χ0n) is 22.4. The average Bonchev–Trinajstić information content (AvgIpc) is 3.23. The number of carbonyl (C=O) groups excluding carboxylic acids is 1. The van der Waals surface area contributed by atoms with E-state index in [4.69, 9.17) is 10.5 Å². The van der Waals surface area contributed by atoms with Gasteiger partial charge in [0.15, 0.2) is 0 Å². The minimum absolute atomic E-state index is 0.285. The molecule has 0 aliphatic heterocycles. The molecule has 0 unspecified atom stereocenters. The number of pyridine rings is 2. The standard InChI is InChI=1S/C30H28F2N6O2/c1-28(2,3)40-27(39)35-29(17-30(31,32)18-29)21-9-11-22(12-10-21)38-25-23-15-20(19-7-5-4-6-8-19)16-34-24(23)13-14-37(25)26(33)36-38/h4-16H,17-18H2,1-3H3,(H2-,33,35,36,39)/p+1. The van der Waals surface area contributed by atoms with Gasteiger partial charge in [-0.1, -0.05) is 42.5 Å². The van der Waals surface area contributed by atoms with E-state index in [9.17, 15) is 13.6 Å². The highest BCUT2D eigenvalue weighted by molar-refractivity contribution is 5.93. The van der Waals surface area contributed by atoms with Gasteiger partial charge in [0.25, 0.3) is 5.92 Å². The van der Waals surface area contributed by atoms with Gasteiger partial charge in [-0.15, -0.1) is 4.68 Å². The molecule has 1 aliphatic carbocycles. The van der Waals surface area contributed by atoms with Crippen LogP contribution in [-0.2, 0) is 10.3 Å². The number of carbonyl (C=O) groups is 1. The third-order valence-electron chi connectivity index (χ3n) is 7.05. The number of aromatic nitrogens is 4. The summed E-state index contributed by atoms with van der Waals surface area (Å²) in [5.41, 5.74) is 9.00. The predicted molar refractivity (Wildman–Crippen MR) is 147 cm³/mol. The van der Waals surface area contributed by atoms with Crippen molar-refractivity contribution in [3.05, 3.63) is 84.7 Å². The fourth-order valence-electron chi connectivity index (χ4n) is 5.32. The summed E-state index contributed by atoms with van der Waals surface area (Å²) in [6.45, 7) is 5.18. The third-order valence-corrected chi connectivity index (χ3v) is 7.05. The minimum atomic E-state index is -2.88. The molecule has 5 aromatic rings. The Morgan fingerprint density at radius 2 is 1.75 bits per heavy atom. The van der Waals surface area contributed by atoms with Gasteiger partial charge < -0.3 is 15.8 Å². The zero-order valence-corrected chi connectivity index (χ0v) is 22.4. The van der Waals surface area contributed by atoms with Crippen molar-refractivity contribution in [2.75, 3.05) is 5.73 Å². The average molecular weight is 544 g/mol. The first-order chi connectivity index (χ1) is 18.9. The highest BCUT2D eigenvalue weighted by atomic mass is 19.3. The third kappa shape index (κ3) is 4.59. The maximum atomic E-state index is 14.1. The molecule has 6 rings (SSSR count). The van der Waals surface area contributed by atoms with E-state index in [2.05, 4.69) is 21.5 Å². The molecule has 3 aromatic heterocycles. The van der Waals surface area contributed by atoms with Crippen molar-refractivity contribution < 1.29 is 22.7 Å². The molecule has 8 nitrogen and oxygen atoms in total. The summed E-state index contributed by atoms with van der Waals surface area (Å²) in [6.07, 6.45) is 1.90. The number of alkyl halides is 2. The molecule has 0 saturated heterocycles. The molecule has 2 aromatic carbocycles. The van der Waals surface area contributed by atoms with Gasteiger partial charge in [0.05, 0.1) is 22.6 Å². The van der Waals surface area contributed by atoms with E-state index >= 15 is 0 Å². The van der Waals surface area contributed by atoms with E-state index in [1.165, 1.54) is 0 Å². The first-order valence-corrected chi connectivity index (χ1v) is 13.0. The molecule has 0 bridgehead atoms. The topological polar surface area (TPSA) is 99.2 Å². The number of hydrogen-bond donors (Lipinski definition) is 2. The summed E-state index contributed by atoms with van der Waals surface area (Å²) >= 11 is 0. The SMILES string of the molecule is CC(C)(C)OC(=O)NC1(c2ccc(-n3nc(N)[n+]4ccc5ncc(-c6ccccc6)cc5c34)cc2)CC(F)(F)C1. The lowest BCUT2D eigenvalue weighted by Crippen LogP contribution is -2.60. The minimum Gasteiger partial charge on any atom is -0.444 e. The number of hydrogen-bond acceptors (Lipinski definition) is 5. The largest absolute Gasteiger partial charge is 0.444 e. The molecule has 0 radical (unpaired) electrons. The van der Waals surface area contributed by atoms with E-state index < -0.39 is 36.0 Å². The second kappa shape index (κ2) is 8.97. The van der Waals surface area contributed by atoms with Gasteiger partial charge >= 0.3 is 12.0 Å². The van der Waals surface area contributed by atoms with Crippen LogP contribution in [0.4, 0.5) is 19.5 Å². The Hall–Kier alpha value is -4.60. The second-order valence-corrected chi connectivity index (χ2v) is 11.3.